The van der Waals surface area contributed by atoms with E-state index in [1.54, 1.807) is 12.2 Å². The van der Waals surface area contributed by atoms with Gasteiger partial charge in [0, 0.05) is 0 Å². The van der Waals surface area contributed by atoms with Crippen LogP contribution in [-0.2, 0) is 4.74 Å². The lowest BCUT2D eigenvalue weighted by molar-refractivity contribution is -0.405. The largest absolute Gasteiger partial charge is 0.426 e. The standard InChI is InChI=1S/C26H37F7O/c1-2-3-4-18-5-7-19(8-6-18)20-9-11-21(12-10-20)22-13-15-23(16-14-22)34-26(32,33)25(30,31)24(28,29)17-27/h13-15,18-21,23H,2-12,16-17H2,1H3. The molecule has 0 amide bonds. The summed E-state index contributed by atoms with van der Waals surface area (Å²) in [6.07, 6.45) is 10.9. The summed E-state index contributed by atoms with van der Waals surface area (Å²) >= 11 is 0. The highest BCUT2D eigenvalue weighted by atomic mass is 19.4. The molecule has 3 rings (SSSR count). The molecule has 8 heteroatoms. The third-order valence-electron chi connectivity index (χ3n) is 8.15. The summed E-state index contributed by atoms with van der Waals surface area (Å²) in [6, 6.07) is 0. The molecule has 0 heterocycles. The van der Waals surface area contributed by atoms with Gasteiger partial charge >= 0.3 is 18.0 Å². The molecule has 1 unspecified atom stereocenters. The summed E-state index contributed by atoms with van der Waals surface area (Å²) in [5.74, 6) is -8.77. The molecule has 1 nitrogen and oxygen atoms in total. The minimum Gasteiger partial charge on any atom is -0.308 e. The van der Waals surface area contributed by atoms with Crippen LogP contribution in [0.4, 0.5) is 30.7 Å². The molecule has 0 aliphatic heterocycles. The van der Waals surface area contributed by atoms with Crippen LogP contribution in [0.25, 0.3) is 0 Å². The normalized spacial score (nSPS) is 31.4. The number of hydrogen-bond acceptors (Lipinski definition) is 1. The van der Waals surface area contributed by atoms with Crippen LogP contribution < -0.4 is 0 Å². The van der Waals surface area contributed by atoms with E-state index in [0.717, 1.165) is 49.0 Å². The highest BCUT2D eigenvalue weighted by molar-refractivity contribution is 5.27. The second-order valence-corrected chi connectivity index (χ2v) is 10.4. The van der Waals surface area contributed by atoms with Crippen LogP contribution >= 0.6 is 0 Å². The highest BCUT2D eigenvalue weighted by Crippen LogP contribution is 2.48. The molecule has 0 radical (unpaired) electrons. The Hall–Kier alpha value is -1.05. The molecular formula is C26H37F7O. The van der Waals surface area contributed by atoms with Crippen LogP contribution in [0.3, 0.4) is 0 Å². The first-order valence-electron chi connectivity index (χ1n) is 12.8. The van der Waals surface area contributed by atoms with Crippen LogP contribution in [0.15, 0.2) is 23.8 Å². The Bertz CT molecular complexity index is 702. The van der Waals surface area contributed by atoms with Gasteiger partial charge < -0.3 is 4.74 Å². The zero-order valence-corrected chi connectivity index (χ0v) is 19.9. The van der Waals surface area contributed by atoms with Crippen molar-refractivity contribution >= 4 is 0 Å². The first kappa shape index (κ1) is 27.5. The van der Waals surface area contributed by atoms with E-state index in [2.05, 4.69) is 11.7 Å². The van der Waals surface area contributed by atoms with Gasteiger partial charge in [-0.3, -0.25) is 0 Å². The Morgan fingerprint density at radius 1 is 0.882 bits per heavy atom. The van der Waals surface area contributed by atoms with Crippen LogP contribution in [0.5, 0.6) is 0 Å². The summed E-state index contributed by atoms with van der Waals surface area (Å²) < 4.78 is 96.7. The predicted octanol–water partition coefficient (Wildman–Crippen LogP) is 8.89. The summed E-state index contributed by atoms with van der Waals surface area (Å²) in [5, 5.41) is 0. The fraction of sp³-hybridized carbons (Fsp3) is 0.846. The minimum atomic E-state index is -5.94. The topological polar surface area (TPSA) is 9.23 Å². The van der Waals surface area contributed by atoms with Gasteiger partial charge in [0.2, 0.25) is 0 Å². The molecular weight excluding hydrogens is 461 g/mol. The maximum absolute atomic E-state index is 13.8. The van der Waals surface area contributed by atoms with Crippen LogP contribution in [0.2, 0.25) is 0 Å². The molecule has 0 N–H and O–H groups in total. The molecule has 1 atom stereocenters. The summed E-state index contributed by atoms with van der Waals surface area (Å²) in [6.45, 7) is -0.662. The molecule has 0 aromatic rings. The second-order valence-electron chi connectivity index (χ2n) is 10.4. The Morgan fingerprint density at radius 3 is 1.97 bits per heavy atom. The van der Waals surface area contributed by atoms with E-state index in [4.69, 9.17) is 0 Å². The number of halogens is 7. The lowest BCUT2D eigenvalue weighted by Crippen LogP contribution is -2.57. The lowest BCUT2D eigenvalue weighted by atomic mass is 9.67. The Balaban J connectivity index is 1.45. The molecule has 0 spiro atoms. The molecule has 196 valence electrons. The summed E-state index contributed by atoms with van der Waals surface area (Å²) in [4.78, 5) is 0. The van der Waals surface area contributed by atoms with Gasteiger partial charge in [0.25, 0.3) is 0 Å². The average molecular weight is 499 g/mol. The highest BCUT2D eigenvalue weighted by Gasteiger charge is 2.73. The van der Waals surface area contributed by atoms with Gasteiger partial charge in [0.05, 0.1) is 6.10 Å². The molecule has 34 heavy (non-hydrogen) atoms. The third-order valence-corrected chi connectivity index (χ3v) is 8.15. The molecule has 0 aromatic heterocycles. The third kappa shape index (κ3) is 6.19. The Morgan fingerprint density at radius 2 is 1.47 bits per heavy atom. The average Bonchev–Trinajstić information content (AvgIpc) is 2.83. The van der Waals surface area contributed by atoms with Gasteiger partial charge in [-0.05, 0) is 74.2 Å². The second kappa shape index (κ2) is 11.3. The van der Waals surface area contributed by atoms with Crippen molar-refractivity contribution in [2.24, 2.45) is 23.7 Å². The van der Waals surface area contributed by atoms with Gasteiger partial charge in [-0.25, -0.2) is 4.39 Å². The van der Waals surface area contributed by atoms with Crippen molar-refractivity contribution in [3.8, 4) is 0 Å². The summed E-state index contributed by atoms with van der Waals surface area (Å²) in [7, 11) is 0. The van der Waals surface area contributed by atoms with Crippen molar-refractivity contribution in [1.82, 2.24) is 0 Å². The van der Waals surface area contributed by atoms with Crippen LogP contribution in [-0.4, -0.2) is 30.7 Å². The minimum absolute atomic E-state index is 0.111. The SMILES string of the molecule is CCCCC1CCC(C2CCC(C3=CCC(OC(F)(F)C(F)(F)C(F)(F)CF)C=C3)CC2)CC1. The van der Waals surface area contributed by atoms with E-state index in [9.17, 15) is 30.7 Å². The van der Waals surface area contributed by atoms with Crippen LogP contribution in [0, 0.1) is 23.7 Å². The maximum Gasteiger partial charge on any atom is 0.426 e. The van der Waals surface area contributed by atoms with Crippen molar-refractivity contribution in [2.75, 3.05) is 6.67 Å². The van der Waals surface area contributed by atoms with Crippen molar-refractivity contribution in [1.29, 1.82) is 0 Å². The molecule has 2 saturated carbocycles. The molecule has 0 saturated heterocycles. The van der Waals surface area contributed by atoms with Gasteiger partial charge in [0.15, 0.2) is 6.67 Å². The van der Waals surface area contributed by atoms with E-state index < -0.39 is 30.7 Å². The molecule has 0 aromatic carbocycles. The van der Waals surface area contributed by atoms with Gasteiger partial charge in [-0.2, -0.15) is 26.3 Å². The molecule has 3 aliphatic rings. The van der Waals surface area contributed by atoms with Gasteiger partial charge in [-0.1, -0.05) is 57.3 Å². The first-order chi connectivity index (χ1) is 16.0. The quantitative estimate of drug-likeness (QED) is 0.273. The summed E-state index contributed by atoms with van der Waals surface area (Å²) in [5.41, 5.74) is 0.964. The molecule has 0 bridgehead atoms. The van der Waals surface area contributed by atoms with E-state index in [-0.39, 0.29) is 12.3 Å². The number of ether oxygens (including phenoxy) is 1. The number of alkyl halides is 7. The van der Waals surface area contributed by atoms with Gasteiger partial charge in [0.1, 0.15) is 0 Å². The molecule has 3 aliphatic carbocycles. The van der Waals surface area contributed by atoms with Crippen molar-refractivity contribution < 1.29 is 35.5 Å². The molecule has 2 fully saturated rings. The number of unbranched alkanes of at least 4 members (excludes halogenated alkanes) is 1. The number of hydrogen-bond donors (Lipinski definition) is 0. The monoisotopic (exact) mass is 498 g/mol. The number of allylic oxidation sites excluding steroid dienone is 2. The maximum atomic E-state index is 13.8. The predicted molar refractivity (Wildman–Crippen MR) is 118 cm³/mol. The van der Waals surface area contributed by atoms with Crippen molar-refractivity contribution in [3.63, 3.8) is 0 Å². The first-order valence-corrected chi connectivity index (χ1v) is 12.8. The van der Waals surface area contributed by atoms with Crippen molar-refractivity contribution in [3.05, 3.63) is 23.8 Å². The fourth-order valence-corrected chi connectivity index (χ4v) is 5.93. The Labute approximate surface area is 198 Å². The van der Waals surface area contributed by atoms with E-state index >= 15 is 0 Å². The van der Waals surface area contributed by atoms with E-state index in [0.29, 0.717) is 0 Å². The zero-order valence-electron chi connectivity index (χ0n) is 19.9. The van der Waals surface area contributed by atoms with Crippen molar-refractivity contribution in [2.45, 2.75) is 108 Å². The zero-order chi connectivity index (χ0) is 25.0. The fourth-order valence-electron chi connectivity index (χ4n) is 5.93. The Kier molecular flexibility index (Phi) is 9.18. The van der Waals surface area contributed by atoms with Gasteiger partial charge in [-0.15, -0.1) is 0 Å². The number of rotatable bonds is 10. The smallest absolute Gasteiger partial charge is 0.308 e. The van der Waals surface area contributed by atoms with E-state index in [1.165, 1.54) is 51.0 Å². The lowest BCUT2D eigenvalue weighted by Gasteiger charge is -2.38. The van der Waals surface area contributed by atoms with Crippen LogP contribution in [0.1, 0.15) is 84.0 Å². The van der Waals surface area contributed by atoms with E-state index in [1.807, 2.05) is 0 Å².